The number of rotatable bonds is 5. The number of hydrogen-bond donors (Lipinski definition) is 0. The molecule has 0 unspecified atom stereocenters. The molecule has 3 aromatic rings. The SMILES string of the molecule is CCc1cc2c(C)cc(=O)oc2cc1OC(=O)c1ccc(OC)c([N+](=O)[O-])c1. The molecule has 0 amide bonds. The first kappa shape index (κ1) is 19.1. The zero-order valence-electron chi connectivity index (χ0n) is 15.5. The fourth-order valence-electron chi connectivity index (χ4n) is 2.88. The van der Waals surface area contributed by atoms with Crippen molar-refractivity contribution < 1.29 is 23.6 Å². The van der Waals surface area contributed by atoms with E-state index in [0.717, 1.165) is 22.6 Å². The molecule has 0 saturated heterocycles. The third-order valence-corrected chi connectivity index (χ3v) is 4.33. The van der Waals surface area contributed by atoms with Gasteiger partial charge in [0.15, 0.2) is 5.75 Å². The first-order chi connectivity index (χ1) is 13.3. The van der Waals surface area contributed by atoms with Crippen LogP contribution in [0.4, 0.5) is 5.69 Å². The van der Waals surface area contributed by atoms with E-state index in [4.69, 9.17) is 13.9 Å². The summed E-state index contributed by atoms with van der Waals surface area (Å²) in [5.41, 5.74) is 0.946. The Labute approximate surface area is 159 Å². The molecular weight excluding hydrogens is 366 g/mol. The number of esters is 1. The molecule has 0 aliphatic rings. The van der Waals surface area contributed by atoms with E-state index in [2.05, 4.69) is 0 Å². The summed E-state index contributed by atoms with van der Waals surface area (Å²) >= 11 is 0. The molecule has 0 fully saturated rings. The number of ether oxygens (including phenoxy) is 2. The van der Waals surface area contributed by atoms with Crippen molar-refractivity contribution in [1.29, 1.82) is 0 Å². The van der Waals surface area contributed by atoms with Gasteiger partial charge in [0.1, 0.15) is 11.3 Å². The minimum absolute atomic E-state index is 0.000319. The first-order valence-electron chi connectivity index (χ1n) is 8.46. The number of carbonyl (C=O) groups excluding carboxylic acids is 1. The van der Waals surface area contributed by atoms with Crippen molar-refractivity contribution >= 4 is 22.6 Å². The normalized spacial score (nSPS) is 10.7. The van der Waals surface area contributed by atoms with Crippen molar-refractivity contribution in [3.8, 4) is 11.5 Å². The molecule has 8 heteroatoms. The van der Waals surface area contributed by atoms with E-state index < -0.39 is 16.5 Å². The second kappa shape index (κ2) is 7.51. The van der Waals surface area contributed by atoms with Gasteiger partial charge in [0, 0.05) is 23.6 Å². The van der Waals surface area contributed by atoms with Crippen LogP contribution in [-0.4, -0.2) is 18.0 Å². The van der Waals surface area contributed by atoms with Crippen LogP contribution in [0.1, 0.15) is 28.4 Å². The van der Waals surface area contributed by atoms with Gasteiger partial charge in [-0.1, -0.05) is 6.92 Å². The highest BCUT2D eigenvalue weighted by atomic mass is 16.6. The average Bonchev–Trinajstić information content (AvgIpc) is 2.66. The smallest absolute Gasteiger partial charge is 0.343 e. The molecule has 0 radical (unpaired) electrons. The highest BCUT2D eigenvalue weighted by Crippen LogP contribution is 2.30. The van der Waals surface area contributed by atoms with Gasteiger partial charge in [-0.2, -0.15) is 0 Å². The Hall–Kier alpha value is -3.68. The Balaban J connectivity index is 2.02. The zero-order chi connectivity index (χ0) is 20.4. The maximum absolute atomic E-state index is 12.5. The summed E-state index contributed by atoms with van der Waals surface area (Å²) in [4.78, 5) is 34.7. The third kappa shape index (κ3) is 3.57. The standard InChI is InChI=1S/C20H17NO7/c1-4-12-8-14-11(2)7-19(22)27-18(14)10-17(12)28-20(23)13-5-6-16(26-3)15(9-13)21(24)25/h5-10H,4H2,1-3H3. The summed E-state index contributed by atoms with van der Waals surface area (Å²) in [6.07, 6.45) is 0.569. The van der Waals surface area contributed by atoms with Crippen LogP contribution in [0.5, 0.6) is 11.5 Å². The lowest BCUT2D eigenvalue weighted by Gasteiger charge is -2.11. The van der Waals surface area contributed by atoms with E-state index >= 15 is 0 Å². The number of benzene rings is 2. The van der Waals surface area contributed by atoms with Gasteiger partial charge in [-0.15, -0.1) is 0 Å². The third-order valence-electron chi connectivity index (χ3n) is 4.33. The fourth-order valence-corrected chi connectivity index (χ4v) is 2.88. The Morgan fingerprint density at radius 1 is 1.18 bits per heavy atom. The Kier molecular flexibility index (Phi) is 5.12. The second-order valence-corrected chi connectivity index (χ2v) is 6.09. The van der Waals surface area contributed by atoms with Crippen molar-refractivity contribution in [2.45, 2.75) is 20.3 Å². The van der Waals surface area contributed by atoms with Crippen molar-refractivity contribution in [2.24, 2.45) is 0 Å². The first-order valence-corrected chi connectivity index (χ1v) is 8.46. The number of nitro benzene ring substituents is 1. The molecule has 0 aliphatic carbocycles. The molecule has 3 rings (SSSR count). The number of hydrogen-bond acceptors (Lipinski definition) is 7. The minimum Gasteiger partial charge on any atom is -0.490 e. The minimum atomic E-state index is -0.769. The quantitative estimate of drug-likeness (QED) is 0.217. The predicted octanol–water partition coefficient (Wildman–Crippen LogP) is 3.80. The van der Waals surface area contributed by atoms with E-state index in [1.165, 1.54) is 31.4 Å². The van der Waals surface area contributed by atoms with Crippen LogP contribution in [0.2, 0.25) is 0 Å². The van der Waals surface area contributed by atoms with Gasteiger partial charge in [0.05, 0.1) is 17.6 Å². The van der Waals surface area contributed by atoms with Crippen LogP contribution >= 0.6 is 0 Å². The van der Waals surface area contributed by atoms with Gasteiger partial charge in [-0.3, -0.25) is 10.1 Å². The van der Waals surface area contributed by atoms with Crippen LogP contribution in [-0.2, 0) is 6.42 Å². The molecule has 0 spiro atoms. The Morgan fingerprint density at radius 2 is 1.93 bits per heavy atom. The predicted molar refractivity (Wildman–Crippen MR) is 101 cm³/mol. The van der Waals surface area contributed by atoms with Crippen molar-refractivity contribution in [3.63, 3.8) is 0 Å². The topological polar surface area (TPSA) is 109 Å². The number of carbonyl (C=O) groups is 1. The van der Waals surface area contributed by atoms with Crippen molar-refractivity contribution in [3.05, 3.63) is 73.6 Å². The monoisotopic (exact) mass is 383 g/mol. The van der Waals surface area contributed by atoms with E-state index in [9.17, 15) is 19.7 Å². The summed E-state index contributed by atoms with van der Waals surface area (Å²) in [5, 5.41) is 11.9. The molecule has 28 heavy (non-hydrogen) atoms. The molecular formula is C20H17NO7. The molecule has 0 N–H and O–H groups in total. The van der Waals surface area contributed by atoms with Crippen molar-refractivity contribution in [2.75, 3.05) is 7.11 Å². The molecule has 0 aliphatic heterocycles. The highest BCUT2D eigenvalue weighted by Gasteiger charge is 2.20. The maximum Gasteiger partial charge on any atom is 0.343 e. The Morgan fingerprint density at radius 3 is 2.57 bits per heavy atom. The molecule has 0 bridgehead atoms. The summed E-state index contributed by atoms with van der Waals surface area (Å²) in [6, 6.07) is 8.48. The van der Waals surface area contributed by atoms with Gasteiger partial charge in [-0.05, 0) is 42.7 Å². The van der Waals surface area contributed by atoms with Crippen LogP contribution in [0.15, 0.2) is 45.6 Å². The van der Waals surface area contributed by atoms with Crippen molar-refractivity contribution in [1.82, 2.24) is 0 Å². The molecule has 8 nitrogen and oxygen atoms in total. The van der Waals surface area contributed by atoms with Gasteiger partial charge in [0.2, 0.25) is 0 Å². The number of fused-ring (bicyclic) bond motifs is 1. The van der Waals surface area contributed by atoms with Crippen LogP contribution < -0.4 is 15.1 Å². The van der Waals surface area contributed by atoms with E-state index in [0.29, 0.717) is 12.0 Å². The van der Waals surface area contributed by atoms with Gasteiger partial charge in [-0.25, -0.2) is 9.59 Å². The largest absolute Gasteiger partial charge is 0.490 e. The van der Waals surface area contributed by atoms with Gasteiger partial charge in [0.25, 0.3) is 0 Å². The van der Waals surface area contributed by atoms with Gasteiger partial charge >= 0.3 is 17.3 Å². The number of aryl methyl sites for hydroxylation is 2. The fraction of sp³-hybridized carbons (Fsp3) is 0.200. The summed E-state index contributed by atoms with van der Waals surface area (Å²) in [6.45, 7) is 3.69. The Bertz CT molecular complexity index is 1150. The number of nitro groups is 1. The molecule has 1 heterocycles. The summed E-state index contributed by atoms with van der Waals surface area (Å²) < 4.78 is 15.6. The number of nitrogens with zero attached hydrogens (tertiary/aromatic N) is 1. The van der Waals surface area contributed by atoms with Crippen LogP contribution in [0, 0.1) is 17.0 Å². The molecule has 0 atom stereocenters. The lowest BCUT2D eigenvalue weighted by Crippen LogP contribution is -2.11. The zero-order valence-corrected chi connectivity index (χ0v) is 15.5. The van der Waals surface area contributed by atoms with Gasteiger partial charge < -0.3 is 13.9 Å². The molecule has 1 aromatic heterocycles. The average molecular weight is 383 g/mol. The van der Waals surface area contributed by atoms with Crippen LogP contribution in [0.25, 0.3) is 11.0 Å². The summed E-state index contributed by atoms with van der Waals surface area (Å²) in [7, 11) is 1.30. The molecule has 0 saturated carbocycles. The second-order valence-electron chi connectivity index (χ2n) is 6.09. The summed E-state index contributed by atoms with van der Waals surface area (Å²) in [5.74, 6) is -0.499. The maximum atomic E-state index is 12.5. The van der Waals surface area contributed by atoms with E-state index in [-0.39, 0.29) is 22.7 Å². The molecule has 144 valence electrons. The molecule has 2 aromatic carbocycles. The van der Waals surface area contributed by atoms with Crippen LogP contribution in [0.3, 0.4) is 0 Å². The van der Waals surface area contributed by atoms with E-state index in [1.807, 2.05) is 6.92 Å². The highest BCUT2D eigenvalue weighted by molar-refractivity contribution is 5.93. The van der Waals surface area contributed by atoms with E-state index in [1.54, 1.807) is 13.0 Å². The number of methoxy groups -OCH3 is 1. The lowest BCUT2D eigenvalue weighted by molar-refractivity contribution is -0.385. The lowest BCUT2D eigenvalue weighted by atomic mass is 10.1.